The minimum atomic E-state index is -0.435. The van der Waals surface area contributed by atoms with Gasteiger partial charge in [-0.15, -0.1) is 10.2 Å². The van der Waals surface area contributed by atoms with Gasteiger partial charge in [-0.1, -0.05) is 30.0 Å². The number of carbonyl (C=O) groups excluding carboxylic acids is 1. The Bertz CT molecular complexity index is 936. The van der Waals surface area contributed by atoms with Crippen molar-refractivity contribution in [3.05, 3.63) is 59.4 Å². The molecule has 0 bridgehead atoms. The highest BCUT2D eigenvalue weighted by atomic mass is 32.2. The summed E-state index contributed by atoms with van der Waals surface area (Å²) < 4.78 is 15.1. The van der Waals surface area contributed by atoms with Gasteiger partial charge in [0.1, 0.15) is 5.82 Å². The first-order valence-electron chi connectivity index (χ1n) is 7.90. The van der Waals surface area contributed by atoms with Crippen LogP contribution in [-0.2, 0) is 4.79 Å². The van der Waals surface area contributed by atoms with Crippen molar-refractivity contribution in [2.75, 3.05) is 16.9 Å². The van der Waals surface area contributed by atoms with E-state index in [4.69, 9.17) is 5.84 Å². The Hall–Kier alpha value is -2.87. The molecule has 0 saturated carbocycles. The van der Waals surface area contributed by atoms with Crippen molar-refractivity contribution in [1.82, 2.24) is 14.9 Å². The number of hydrogen-bond acceptors (Lipinski definition) is 5. The van der Waals surface area contributed by atoms with Crippen LogP contribution in [0.1, 0.15) is 11.1 Å². The molecule has 0 unspecified atom stereocenters. The first-order valence-corrected chi connectivity index (χ1v) is 8.89. The van der Waals surface area contributed by atoms with E-state index < -0.39 is 5.82 Å². The Morgan fingerprint density at radius 3 is 2.58 bits per heavy atom. The van der Waals surface area contributed by atoms with Crippen molar-refractivity contribution in [2.24, 2.45) is 0 Å². The number of nitrogens with one attached hydrogen (secondary N) is 1. The van der Waals surface area contributed by atoms with E-state index in [0.717, 1.165) is 28.6 Å². The Kier molecular flexibility index (Phi) is 5.22. The molecule has 3 rings (SSSR count). The lowest BCUT2D eigenvalue weighted by Gasteiger charge is -2.07. The monoisotopic (exact) mass is 371 g/mol. The quantitative estimate of drug-likeness (QED) is 0.532. The molecule has 3 N–H and O–H groups in total. The maximum absolute atomic E-state index is 13.9. The number of thioether (sulfide) groups is 1. The molecule has 3 aromatic rings. The fourth-order valence-corrected chi connectivity index (χ4v) is 3.23. The molecule has 0 spiro atoms. The smallest absolute Gasteiger partial charge is 0.234 e. The number of carbonyl (C=O) groups is 1. The van der Waals surface area contributed by atoms with E-state index in [0.29, 0.717) is 5.16 Å². The van der Waals surface area contributed by atoms with E-state index in [1.165, 1.54) is 10.7 Å². The number of nitrogen functional groups attached to an aromatic ring is 1. The van der Waals surface area contributed by atoms with Crippen molar-refractivity contribution in [2.45, 2.75) is 19.0 Å². The molecule has 1 amide bonds. The highest BCUT2D eigenvalue weighted by Gasteiger charge is 2.16. The van der Waals surface area contributed by atoms with Gasteiger partial charge in [-0.05, 0) is 49.2 Å². The Morgan fingerprint density at radius 2 is 1.88 bits per heavy atom. The number of amides is 1. The number of aromatic nitrogens is 3. The summed E-state index contributed by atoms with van der Waals surface area (Å²) in [5.41, 5.74) is 3.15. The molecule has 0 fully saturated rings. The summed E-state index contributed by atoms with van der Waals surface area (Å²) in [6.07, 6.45) is 0. The second-order valence-electron chi connectivity index (χ2n) is 5.87. The van der Waals surface area contributed by atoms with Gasteiger partial charge >= 0.3 is 0 Å². The van der Waals surface area contributed by atoms with Crippen molar-refractivity contribution in [1.29, 1.82) is 0 Å². The molecule has 134 valence electrons. The molecule has 1 aromatic heterocycles. The van der Waals surface area contributed by atoms with Gasteiger partial charge in [0.05, 0.1) is 11.3 Å². The van der Waals surface area contributed by atoms with Gasteiger partial charge in [0.25, 0.3) is 0 Å². The van der Waals surface area contributed by atoms with Crippen LogP contribution < -0.4 is 11.2 Å². The Balaban J connectivity index is 1.67. The van der Waals surface area contributed by atoms with E-state index in [-0.39, 0.29) is 23.0 Å². The molecule has 0 atom stereocenters. The molecule has 8 heteroatoms. The van der Waals surface area contributed by atoms with Crippen LogP contribution in [0.5, 0.6) is 0 Å². The van der Waals surface area contributed by atoms with Crippen molar-refractivity contribution in [3.63, 3.8) is 0 Å². The molecule has 26 heavy (non-hydrogen) atoms. The number of nitrogens with zero attached hydrogens (tertiary/aromatic N) is 3. The molecular weight excluding hydrogens is 353 g/mol. The van der Waals surface area contributed by atoms with Gasteiger partial charge in [-0.25, -0.2) is 9.07 Å². The zero-order valence-corrected chi connectivity index (χ0v) is 15.2. The summed E-state index contributed by atoms with van der Waals surface area (Å²) >= 11 is 1.13. The van der Waals surface area contributed by atoms with Gasteiger partial charge in [0, 0.05) is 5.69 Å². The van der Waals surface area contributed by atoms with E-state index in [1.807, 2.05) is 32.0 Å². The average Bonchev–Trinajstić information content (AvgIpc) is 2.93. The largest absolute Gasteiger partial charge is 0.335 e. The SMILES string of the molecule is Cc1cc(C)cc(NC(=O)CSc2nnc(-c3ccccc3F)n2N)c1. The molecular formula is C18H18FN5OS. The predicted molar refractivity (Wildman–Crippen MR) is 101 cm³/mol. The van der Waals surface area contributed by atoms with Gasteiger partial charge in [-0.2, -0.15) is 0 Å². The molecule has 6 nitrogen and oxygen atoms in total. The first kappa shape index (κ1) is 17.9. The van der Waals surface area contributed by atoms with E-state index in [9.17, 15) is 9.18 Å². The maximum Gasteiger partial charge on any atom is 0.234 e. The van der Waals surface area contributed by atoms with Crippen LogP contribution in [0.3, 0.4) is 0 Å². The maximum atomic E-state index is 13.9. The van der Waals surface area contributed by atoms with Crippen LogP contribution in [0.15, 0.2) is 47.6 Å². The van der Waals surface area contributed by atoms with Gasteiger partial charge in [-0.3, -0.25) is 4.79 Å². The number of anilines is 1. The standard InChI is InChI=1S/C18H18FN5OS/c1-11-7-12(2)9-13(8-11)21-16(25)10-26-18-23-22-17(24(18)20)14-5-3-4-6-15(14)19/h3-9H,10,20H2,1-2H3,(H,21,25). The zero-order valence-electron chi connectivity index (χ0n) is 14.4. The average molecular weight is 371 g/mol. The minimum absolute atomic E-state index is 0.111. The fraction of sp³-hybridized carbons (Fsp3) is 0.167. The second kappa shape index (κ2) is 7.57. The summed E-state index contributed by atoms with van der Waals surface area (Å²) in [5.74, 6) is 5.66. The number of benzene rings is 2. The van der Waals surface area contributed by atoms with Crippen LogP contribution in [0.4, 0.5) is 10.1 Å². The summed E-state index contributed by atoms with van der Waals surface area (Å²) in [6.45, 7) is 3.94. The minimum Gasteiger partial charge on any atom is -0.335 e. The van der Waals surface area contributed by atoms with Crippen molar-refractivity contribution < 1.29 is 9.18 Å². The third kappa shape index (κ3) is 4.02. The summed E-state index contributed by atoms with van der Waals surface area (Å²) in [7, 11) is 0. The number of rotatable bonds is 5. The number of halogens is 1. The third-order valence-corrected chi connectivity index (χ3v) is 4.56. The van der Waals surface area contributed by atoms with Crippen LogP contribution in [0.25, 0.3) is 11.4 Å². The highest BCUT2D eigenvalue weighted by Crippen LogP contribution is 2.24. The highest BCUT2D eigenvalue weighted by molar-refractivity contribution is 7.99. The van der Waals surface area contributed by atoms with Crippen molar-refractivity contribution in [3.8, 4) is 11.4 Å². The van der Waals surface area contributed by atoms with Crippen LogP contribution in [0.2, 0.25) is 0 Å². The van der Waals surface area contributed by atoms with Crippen LogP contribution in [-0.4, -0.2) is 26.5 Å². The molecule has 0 saturated heterocycles. The third-order valence-electron chi connectivity index (χ3n) is 3.62. The van der Waals surface area contributed by atoms with Gasteiger partial charge in [0.2, 0.25) is 11.1 Å². The molecule has 0 aliphatic carbocycles. The van der Waals surface area contributed by atoms with Crippen LogP contribution in [0, 0.1) is 19.7 Å². The molecule has 0 radical (unpaired) electrons. The first-order chi connectivity index (χ1) is 12.4. The Labute approximate surface area is 154 Å². The van der Waals surface area contributed by atoms with E-state index in [2.05, 4.69) is 15.5 Å². The summed E-state index contributed by atoms with van der Waals surface area (Å²) in [5, 5.41) is 11.0. The fourth-order valence-electron chi connectivity index (χ4n) is 2.58. The lowest BCUT2D eigenvalue weighted by Crippen LogP contribution is -2.16. The molecule has 2 aromatic carbocycles. The zero-order chi connectivity index (χ0) is 18.7. The molecule has 1 heterocycles. The number of aryl methyl sites for hydroxylation is 2. The topological polar surface area (TPSA) is 85.8 Å². The van der Waals surface area contributed by atoms with E-state index >= 15 is 0 Å². The van der Waals surface area contributed by atoms with Gasteiger partial charge in [0.15, 0.2) is 5.82 Å². The number of nitrogens with two attached hydrogens (primary N) is 1. The lowest BCUT2D eigenvalue weighted by atomic mass is 10.1. The van der Waals surface area contributed by atoms with E-state index in [1.54, 1.807) is 18.2 Å². The summed E-state index contributed by atoms with van der Waals surface area (Å²) in [6, 6.07) is 12.0. The number of hydrogen-bond donors (Lipinski definition) is 2. The van der Waals surface area contributed by atoms with Crippen LogP contribution >= 0.6 is 11.8 Å². The predicted octanol–water partition coefficient (Wildman–Crippen LogP) is 3.15. The molecule has 0 aliphatic heterocycles. The Morgan fingerprint density at radius 1 is 1.19 bits per heavy atom. The second-order valence-corrected chi connectivity index (χ2v) is 6.81. The lowest BCUT2D eigenvalue weighted by molar-refractivity contribution is -0.113. The summed E-state index contributed by atoms with van der Waals surface area (Å²) in [4.78, 5) is 12.2. The van der Waals surface area contributed by atoms with Crippen molar-refractivity contribution >= 4 is 23.4 Å². The molecule has 0 aliphatic rings. The van der Waals surface area contributed by atoms with Gasteiger partial charge < -0.3 is 11.2 Å². The normalized spacial score (nSPS) is 10.7.